The van der Waals surface area contributed by atoms with Gasteiger partial charge in [-0.3, -0.25) is 9.80 Å². The van der Waals surface area contributed by atoms with Crippen molar-refractivity contribution in [1.82, 2.24) is 4.90 Å². The standard InChI is InChI=1S/C17H19N3O2.ClH/c1-19-9-10-20(17(19)11-18-21)13-22-12-15-7-4-6-14-5-2-3-8-16(14)15;/h2-11,17,21H,12-13H2,1H3;1H/b18-11-;. The van der Waals surface area contributed by atoms with Gasteiger partial charge in [-0.25, -0.2) is 0 Å². The van der Waals surface area contributed by atoms with E-state index in [4.69, 9.17) is 9.94 Å². The van der Waals surface area contributed by atoms with Crippen LogP contribution in [0.2, 0.25) is 0 Å². The van der Waals surface area contributed by atoms with Crippen LogP contribution in [0.1, 0.15) is 5.56 Å². The van der Waals surface area contributed by atoms with Gasteiger partial charge >= 0.3 is 0 Å². The molecule has 122 valence electrons. The summed E-state index contributed by atoms with van der Waals surface area (Å²) in [6.07, 6.45) is 5.45. The molecular weight excluding hydrogens is 314 g/mol. The zero-order valence-corrected chi connectivity index (χ0v) is 13.6. The van der Waals surface area contributed by atoms with E-state index in [1.165, 1.54) is 22.6 Å². The summed E-state index contributed by atoms with van der Waals surface area (Å²) in [6.45, 7) is 1.00. The third-order valence-electron chi connectivity index (χ3n) is 3.94. The Labute approximate surface area is 141 Å². The van der Waals surface area contributed by atoms with Gasteiger partial charge in [0.1, 0.15) is 19.1 Å². The number of quaternary nitrogens is 1. The van der Waals surface area contributed by atoms with Crippen molar-refractivity contribution in [3.8, 4) is 0 Å². The Bertz CT molecular complexity index is 700. The molecule has 0 saturated carbocycles. The Kier molecular flexibility index (Phi) is 5.98. The fraction of sp³-hybridized carbons (Fsp3) is 0.235. The highest BCUT2D eigenvalue weighted by Crippen LogP contribution is 2.19. The molecule has 1 aliphatic rings. The number of halogens is 1. The zero-order chi connectivity index (χ0) is 15.4. The van der Waals surface area contributed by atoms with Gasteiger partial charge in [-0.2, -0.15) is 0 Å². The summed E-state index contributed by atoms with van der Waals surface area (Å²) in [7, 11) is 2.01. The third-order valence-corrected chi connectivity index (χ3v) is 3.94. The number of benzene rings is 2. The minimum atomic E-state index is -0.0301. The van der Waals surface area contributed by atoms with E-state index in [1.807, 2.05) is 36.5 Å². The summed E-state index contributed by atoms with van der Waals surface area (Å²) in [5.74, 6) is 0. The smallest absolute Gasteiger partial charge is 0.209 e. The molecule has 6 heteroatoms. The molecule has 2 aromatic rings. The van der Waals surface area contributed by atoms with Gasteiger partial charge in [-0.05, 0) is 16.3 Å². The summed E-state index contributed by atoms with van der Waals surface area (Å²) in [4.78, 5) is 3.13. The first kappa shape index (κ1) is 17.3. The summed E-state index contributed by atoms with van der Waals surface area (Å²) < 4.78 is 5.85. The molecule has 1 aliphatic heterocycles. The van der Waals surface area contributed by atoms with Gasteiger partial charge in [0.05, 0.1) is 19.9 Å². The fourth-order valence-electron chi connectivity index (χ4n) is 2.74. The maximum Gasteiger partial charge on any atom is 0.209 e. The molecule has 5 nitrogen and oxygen atoms in total. The van der Waals surface area contributed by atoms with Crippen LogP contribution in [0.3, 0.4) is 0 Å². The topological polar surface area (TPSA) is 49.5 Å². The van der Waals surface area contributed by atoms with Gasteiger partial charge < -0.3 is 22.4 Å². The quantitative estimate of drug-likeness (QED) is 0.394. The molecule has 0 fully saturated rings. The molecule has 0 spiro atoms. The van der Waals surface area contributed by atoms with Crippen molar-refractivity contribution >= 4 is 17.0 Å². The second-order valence-electron chi connectivity index (χ2n) is 5.40. The van der Waals surface area contributed by atoms with Gasteiger partial charge in [0, 0.05) is 0 Å². The van der Waals surface area contributed by atoms with Crippen molar-refractivity contribution in [2.45, 2.75) is 12.8 Å². The van der Waals surface area contributed by atoms with Gasteiger partial charge in [-0.1, -0.05) is 47.6 Å². The summed E-state index contributed by atoms with van der Waals surface area (Å²) in [6, 6.07) is 14.5. The third kappa shape index (κ3) is 3.82. The highest BCUT2D eigenvalue weighted by atomic mass is 35.5. The van der Waals surface area contributed by atoms with Gasteiger partial charge in [0.15, 0.2) is 0 Å². The van der Waals surface area contributed by atoms with Crippen LogP contribution in [-0.2, 0) is 11.3 Å². The Morgan fingerprint density at radius 3 is 2.87 bits per heavy atom. The molecule has 0 bridgehead atoms. The number of nitrogens with one attached hydrogen (secondary N) is 1. The van der Waals surface area contributed by atoms with Gasteiger partial charge in [-0.15, -0.1) is 0 Å². The highest BCUT2D eigenvalue weighted by Gasteiger charge is 2.26. The normalized spacial score (nSPS) is 20.3. The average molecular weight is 334 g/mol. The number of hydrogen-bond acceptors (Lipinski definition) is 4. The van der Waals surface area contributed by atoms with Crippen LogP contribution in [0.5, 0.6) is 0 Å². The lowest BCUT2D eigenvalue weighted by atomic mass is 10.1. The minimum Gasteiger partial charge on any atom is -1.00 e. The second-order valence-corrected chi connectivity index (χ2v) is 5.40. The summed E-state index contributed by atoms with van der Waals surface area (Å²) in [5.41, 5.74) is 1.18. The molecule has 23 heavy (non-hydrogen) atoms. The van der Waals surface area contributed by atoms with Crippen LogP contribution in [0.4, 0.5) is 0 Å². The van der Waals surface area contributed by atoms with Crippen LogP contribution >= 0.6 is 0 Å². The largest absolute Gasteiger partial charge is 1.00 e. The Hall–Kier alpha value is -2.08. The van der Waals surface area contributed by atoms with Crippen molar-refractivity contribution in [1.29, 1.82) is 0 Å². The Balaban J connectivity index is 0.00000192. The molecule has 2 N–H and O–H groups in total. The maximum atomic E-state index is 8.74. The molecule has 0 aliphatic carbocycles. The summed E-state index contributed by atoms with van der Waals surface area (Å²) in [5, 5.41) is 14.3. The van der Waals surface area contributed by atoms with E-state index < -0.39 is 0 Å². The maximum absolute atomic E-state index is 8.74. The Morgan fingerprint density at radius 2 is 2.04 bits per heavy atom. The van der Waals surface area contributed by atoms with E-state index >= 15 is 0 Å². The molecule has 2 aromatic carbocycles. The molecule has 0 aromatic heterocycles. The van der Waals surface area contributed by atoms with Crippen LogP contribution in [0, 0.1) is 0 Å². The average Bonchev–Trinajstić information content (AvgIpc) is 2.89. The number of hydrogen-bond donors (Lipinski definition) is 2. The first-order chi connectivity index (χ1) is 10.8. The zero-order valence-electron chi connectivity index (χ0n) is 12.9. The molecule has 1 heterocycles. The molecule has 0 radical (unpaired) electrons. The number of ether oxygens (including phenoxy) is 1. The van der Waals surface area contributed by atoms with Gasteiger partial charge in [0.2, 0.25) is 6.17 Å². The lowest BCUT2D eigenvalue weighted by Gasteiger charge is -2.22. The molecule has 0 amide bonds. The van der Waals surface area contributed by atoms with Crippen LogP contribution in [-0.4, -0.2) is 36.3 Å². The molecule has 0 saturated heterocycles. The van der Waals surface area contributed by atoms with E-state index in [0.29, 0.717) is 13.3 Å². The van der Waals surface area contributed by atoms with Crippen molar-refractivity contribution < 1.29 is 27.3 Å². The molecule has 2 atom stereocenters. The predicted octanol–water partition coefficient (Wildman–Crippen LogP) is -1.59. The van der Waals surface area contributed by atoms with Crippen molar-refractivity contribution in [2.75, 3.05) is 13.8 Å². The predicted molar refractivity (Wildman–Crippen MR) is 85.5 cm³/mol. The first-order valence-corrected chi connectivity index (χ1v) is 7.29. The number of nitrogens with zero attached hydrogens (tertiary/aromatic N) is 2. The van der Waals surface area contributed by atoms with Crippen molar-refractivity contribution in [3.63, 3.8) is 0 Å². The van der Waals surface area contributed by atoms with E-state index in [9.17, 15) is 0 Å². The van der Waals surface area contributed by atoms with E-state index in [0.717, 1.165) is 4.90 Å². The monoisotopic (exact) mass is 333 g/mol. The van der Waals surface area contributed by atoms with E-state index in [1.54, 1.807) is 0 Å². The lowest BCUT2D eigenvalue weighted by Crippen LogP contribution is -3.09. The van der Waals surface area contributed by atoms with Crippen LogP contribution in [0.15, 0.2) is 60.0 Å². The van der Waals surface area contributed by atoms with Gasteiger partial charge in [0.25, 0.3) is 0 Å². The number of rotatable bonds is 5. The second kappa shape index (κ2) is 7.97. The SMILES string of the molecule is C[NH+]1C=CN(COCc2cccc3ccccc23)C1/C=N\O.[Cl-]. The van der Waals surface area contributed by atoms with Crippen molar-refractivity contribution in [3.05, 3.63) is 60.4 Å². The highest BCUT2D eigenvalue weighted by molar-refractivity contribution is 5.85. The van der Waals surface area contributed by atoms with Crippen LogP contribution in [0.25, 0.3) is 10.8 Å². The fourth-order valence-corrected chi connectivity index (χ4v) is 2.74. The first-order valence-electron chi connectivity index (χ1n) is 7.29. The van der Waals surface area contributed by atoms with E-state index in [-0.39, 0.29) is 18.6 Å². The van der Waals surface area contributed by atoms with Crippen LogP contribution < -0.4 is 17.3 Å². The van der Waals surface area contributed by atoms with E-state index in [2.05, 4.69) is 35.5 Å². The summed E-state index contributed by atoms with van der Waals surface area (Å²) >= 11 is 0. The lowest BCUT2D eigenvalue weighted by molar-refractivity contribution is -0.844. The molecule has 2 unspecified atom stereocenters. The number of oxime groups is 1. The number of fused-ring (bicyclic) bond motifs is 1. The Morgan fingerprint density at radius 1 is 1.26 bits per heavy atom. The molecular formula is C17H20ClN3O2. The van der Waals surface area contributed by atoms with Crippen molar-refractivity contribution in [2.24, 2.45) is 5.16 Å². The molecule has 3 rings (SSSR count). The minimum absolute atomic E-state index is 0.